The monoisotopic (exact) mass is 231 g/mol. The van der Waals surface area contributed by atoms with E-state index in [4.69, 9.17) is 11.6 Å². The quantitative estimate of drug-likeness (QED) is 0.594. The number of hydrogen-bond donors (Lipinski definition) is 1. The molecule has 1 aromatic rings. The molecule has 1 rings (SSSR count). The molecule has 0 amide bonds. The average molecular weight is 232 g/mol. The Hall–Kier alpha value is -1.24. The lowest BCUT2D eigenvalue weighted by Crippen LogP contribution is -2.22. The number of H-pyrrole nitrogens is 1. The van der Waals surface area contributed by atoms with E-state index in [1.54, 1.807) is 4.98 Å². The van der Waals surface area contributed by atoms with Crippen molar-refractivity contribution in [3.8, 4) is 5.75 Å². The molecular formula is C6H2ClF4NO2. The normalized spacial score (nSPS) is 11.5. The number of aromatic amines is 1. The average Bonchev–Trinajstić information content (AvgIpc) is 2.04. The molecule has 0 aromatic carbocycles. The molecule has 0 spiro atoms. The Bertz CT molecular complexity index is 400. The Labute approximate surface area is 79.3 Å². The first-order chi connectivity index (χ1) is 6.31. The number of halogens is 5. The molecule has 0 atom stereocenters. The summed E-state index contributed by atoms with van der Waals surface area (Å²) in [4.78, 5) is 12.6. The lowest BCUT2D eigenvalue weighted by atomic mass is 10.4. The lowest BCUT2D eigenvalue weighted by Gasteiger charge is -2.07. The van der Waals surface area contributed by atoms with E-state index < -0.39 is 28.5 Å². The smallest absolute Gasteiger partial charge is 0.400 e. The van der Waals surface area contributed by atoms with Gasteiger partial charge < -0.3 is 9.72 Å². The van der Waals surface area contributed by atoms with Crippen LogP contribution in [-0.4, -0.2) is 11.3 Å². The van der Waals surface area contributed by atoms with E-state index in [-0.39, 0.29) is 0 Å². The van der Waals surface area contributed by atoms with Crippen LogP contribution in [0.2, 0.25) is 5.02 Å². The number of aromatic nitrogens is 1. The molecule has 0 unspecified atom stereocenters. The van der Waals surface area contributed by atoms with Crippen LogP contribution < -0.4 is 10.2 Å². The predicted molar refractivity (Wildman–Crippen MR) is 38.7 cm³/mol. The van der Waals surface area contributed by atoms with Crippen molar-refractivity contribution in [3.63, 3.8) is 0 Å². The van der Waals surface area contributed by atoms with E-state index in [0.29, 0.717) is 6.20 Å². The molecule has 0 fully saturated rings. The van der Waals surface area contributed by atoms with Crippen LogP contribution in [0.15, 0.2) is 11.0 Å². The van der Waals surface area contributed by atoms with Crippen LogP contribution in [-0.2, 0) is 0 Å². The molecule has 0 saturated heterocycles. The second kappa shape index (κ2) is 3.49. The fourth-order valence-electron chi connectivity index (χ4n) is 0.666. The van der Waals surface area contributed by atoms with Crippen molar-refractivity contribution in [2.75, 3.05) is 0 Å². The molecule has 3 nitrogen and oxygen atoms in total. The maximum absolute atomic E-state index is 12.5. The summed E-state index contributed by atoms with van der Waals surface area (Å²) in [6, 6.07) is 0. The fourth-order valence-corrected chi connectivity index (χ4v) is 0.814. The number of ether oxygens (including phenoxy) is 1. The molecule has 1 N–H and O–H groups in total. The number of pyridine rings is 1. The fraction of sp³-hybridized carbons (Fsp3) is 0.167. The molecular weight excluding hydrogens is 230 g/mol. The van der Waals surface area contributed by atoms with Crippen molar-refractivity contribution in [2.45, 2.75) is 6.36 Å². The van der Waals surface area contributed by atoms with Gasteiger partial charge in [0.2, 0.25) is 11.4 Å². The van der Waals surface area contributed by atoms with Gasteiger partial charge in [0.25, 0.3) is 0 Å². The SMILES string of the molecule is O=c1c(OC(F)(F)F)c[nH]c(F)c1Cl. The highest BCUT2D eigenvalue weighted by Crippen LogP contribution is 2.20. The van der Waals surface area contributed by atoms with Crippen molar-refractivity contribution in [3.05, 3.63) is 27.4 Å². The van der Waals surface area contributed by atoms with Crippen LogP contribution in [0, 0.1) is 5.95 Å². The summed E-state index contributed by atoms with van der Waals surface area (Å²) >= 11 is 5.05. The second-order valence-corrected chi connectivity index (χ2v) is 2.54. The van der Waals surface area contributed by atoms with Crippen molar-refractivity contribution in [1.82, 2.24) is 4.98 Å². The van der Waals surface area contributed by atoms with Gasteiger partial charge in [0.15, 0.2) is 5.75 Å². The third-order valence-corrected chi connectivity index (χ3v) is 1.51. The number of rotatable bonds is 1. The van der Waals surface area contributed by atoms with Crippen molar-refractivity contribution < 1.29 is 22.3 Å². The van der Waals surface area contributed by atoms with Crippen LogP contribution in [0.4, 0.5) is 17.6 Å². The first-order valence-corrected chi connectivity index (χ1v) is 3.51. The number of nitrogens with one attached hydrogen (secondary N) is 1. The summed E-state index contributed by atoms with van der Waals surface area (Å²) < 4.78 is 50.7. The summed E-state index contributed by atoms with van der Waals surface area (Å²) in [6.07, 6.45) is -4.58. The van der Waals surface area contributed by atoms with Crippen LogP contribution in [0.25, 0.3) is 0 Å². The Kier molecular flexibility index (Phi) is 2.70. The van der Waals surface area contributed by atoms with Gasteiger partial charge >= 0.3 is 6.36 Å². The predicted octanol–water partition coefficient (Wildman–Crippen LogP) is 2.07. The Morgan fingerprint density at radius 2 is 2.00 bits per heavy atom. The van der Waals surface area contributed by atoms with Gasteiger partial charge in [0.1, 0.15) is 5.02 Å². The Balaban J connectivity index is 3.13. The van der Waals surface area contributed by atoms with Gasteiger partial charge in [-0.2, -0.15) is 4.39 Å². The zero-order valence-corrected chi connectivity index (χ0v) is 7.04. The highest BCUT2D eigenvalue weighted by Gasteiger charge is 2.32. The zero-order chi connectivity index (χ0) is 10.9. The zero-order valence-electron chi connectivity index (χ0n) is 6.28. The van der Waals surface area contributed by atoms with Gasteiger partial charge in [-0.1, -0.05) is 11.6 Å². The van der Waals surface area contributed by atoms with Gasteiger partial charge in [-0.15, -0.1) is 13.2 Å². The Morgan fingerprint density at radius 1 is 1.43 bits per heavy atom. The van der Waals surface area contributed by atoms with Crippen LogP contribution >= 0.6 is 11.6 Å². The number of alkyl halides is 3. The van der Waals surface area contributed by atoms with Gasteiger partial charge in [0, 0.05) is 0 Å². The van der Waals surface area contributed by atoms with Crippen LogP contribution in [0.3, 0.4) is 0 Å². The summed E-state index contributed by atoms with van der Waals surface area (Å²) in [5, 5.41) is -0.980. The Morgan fingerprint density at radius 3 is 2.50 bits per heavy atom. The molecule has 0 aliphatic carbocycles. The second-order valence-electron chi connectivity index (χ2n) is 2.16. The molecule has 14 heavy (non-hydrogen) atoms. The minimum Gasteiger partial charge on any atom is -0.400 e. The molecule has 0 radical (unpaired) electrons. The standard InChI is InChI=1S/C6H2ClF4NO2/c7-3-4(13)2(1-12-5(3)8)14-6(9,10)11/h1H,(H,12,13). The largest absolute Gasteiger partial charge is 0.573 e. The van der Waals surface area contributed by atoms with E-state index in [0.717, 1.165) is 0 Å². The molecule has 1 aromatic heterocycles. The summed E-state index contributed by atoms with van der Waals surface area (Å²) in [7, 11) is 0. The highest BCUT2D eigenvalue weighted by molar-refractivity contribution is 6.30. The van der Waals surface area contributed by atoms with Crippen LogP contribution in [0.1, 0.15) is 0 Å². The maximum Gasteiger partial charge on any atom is 0.573 e. The van der Waals surface area contributed by atoms with Gasteiger partial charge in [-0.25, -0.2) is 0 Å². The van der Waals surface area contributed by atoms with E-state index in [1.165, 1.54) is 0 Å². The summed E-state index contributed by atoms with van der Waals surface area (Å²) in [5.74, 6) is -2.32. The molecule has 8 heteroatoms. The van der Waals surface area contributed by atoms with Crippen LogP contribution in [0.5, 0.6) is 5.75 Å². The molecule has 0 aliphatic rings. The summed E-state index contributed by atoms with van der Waals surface area (Å²) in [5.41, 5.74) is -1.36. The molecule has 1 heterocycles. The molecule has 78 valence electrons. The van der Waals surface area contributed by atoms with Crippen molar-refractivity contribution in [1.29, 1.82) is 0 Å². The summed E-state index contributed by atoms with van der Waals surface area (Å²) in [6.45, 7) is 0. The third kappa shape index (κ3) is 2.38. The minimum absolute atomic E-state index is 0.442. The van der Waals surface area contributed by atoms with E-state index in [2.05, 4.69) is 4.74 Å². The number of hydrogen-bond acceptors (Lipinski definition) is 2. The first kappa shape index (κ1) is 10.8. The molecule has 0 aliphatic heterocycles. The highest BCUT2D eigenvalue weighted by atomic mass is 35.5. The minimum atomic E-state index is -5.02. The van der Waals surface area contributed by atoms with E-state index in [9.17, 15) is 22.4 Å². The molecule has 0 saturated carbocycles. The molecule has 0 bridgehead atoms. The maximum atomic E-state index is 12.5. The first-order valence-electron chi connectivity index (χ1n) is 3.13. The van der Waals surface area contributed by atoms with Crippen molar-refractivity contribution in [2.24, 2.45) is 0 Å². The topological polar surface area (TPSA) is 42.1 Å². The van der Waals surface area contributed by atoms with E-state index in [1.807, 2.05) is 0 Å². The van der Waals surface area contributed by atoms with Gasteiger partial charge in [-0.3, -0.25) is 4.79 Å². The van der Waals surface area contributed by atoms with Gasteiger partial charge in [0.05, 0.1) is 6.20 Å². The van der Waals surface area contributed by atoms with Crippen molar-refractivity contribution >= 4 is 11.6 Å². The van der Waals surface area contributed by atoms with Gasteiger partial charge in [-0.05, 0) is 0 Å². The third-order valence-electron chi connectivity index (χ3n) is 1.17. The van der Waals surface area contributed by atoms with E-state index >= 15 is 0 Å². The lowest BCUT2D eigenvalue weighted by molar-refractivity contribution is -0.275.